The maximum absolute atomic E-state index is 11.6. The molecule has 0 saturated heterocycles. The van der Waals surface area contributed by atoms with E-state index in [0.717, 1.165) is 24.8 Å². The molecule has 80 valence electrons. The molecule has 0 N–H and O–H groups in total. The molecule has 1 aliphatic carbocycles. The van der Waals surface area contributed by atoms with Crippen LogP contribution in [-0.2, 0) is 9.53 Å². The summed E-state index contributed by atoms with van der Waals surface area (Å²) in [6, 6.07) is 0. The van der Waals surface area contributed by atoms with Gasteiger partial charge in [0.25, 0.3) is 0 Å². The molecule has 0 radical (unpaired) electrons. The first-order chi connectivity index (χ1) is 6.46. The summed E-state index contributed by atoms with van der Waals surface area (Å²) in [6.07, 6.45) is 4.49. The van der Waals surface area contributed by atoms with Crippen molar-refractivity contribution in [3.63, 3.8) is 0 Å². The number of ether oxygens (including phenoxy) is 1. The van der Waals surface area contributed by atoms with Gasteiger partial charge in [0.05, 0.1) is 0 Å². The summed E-state index contributed by atoms with van der Waals surface area (Å²) in [6.45, 7) is 0. The monoisotopic (exact) mass is 304 g/mol. The quantitative estimate of drug-likeness (QED) is 0.579. The summed E-state index contributed by atoms with van der Waals surface area (Å²) in [4.78, 5) is 18.7. The number of hydrogen-bond donors (Lipinski definition) is 0. The fourth-order valence-corrected chi connectivity index (χ4v) is 7.96. The Morgan fingerprint density at radius 2 is 1.79 bits per heavy atom. The predicted octanol–water partition coefficient (Wildman–Crippen LogP) is 2.91. The number of carbonyl (C=O) groups excluding carboxylic acids is 1. The summed E-state index contributed by atoms with van der Waals surface area (Å²) in [5, 5.41) is 0. The van der Waals surface area contributed by atoms with Gasteiger partial charge in [0.2, 0.25) is 0 Å². The molecular formula is C11H20O2Sn. The van der Waals surface area contributed by atoms with Gasteiger partial charge in [0.15, 0.2) is 0 Å². The van der Waals surface area contributed by atoms with Gasteiger partial charge >= 0.3 is 90.7 Å². The van der Waals surface area contributed by atoms with Crippen LogP contribution in [0.2, 0.25) is 14.8 Å². The molecule has 0 saturated carbocycles. The summed E-state index contributed by atoms with van der Waals surface area (Å²) in [5.74, 6) is -0.0775. The first kappa shape index (κ1) is 12.1. The van der Waals surface area contributed by atoms with Crippen LogP contribution < -0.4 is 0 Å². The van der Waals surface area contributed by atoms with E-state index >= 15 is 0 Å². The van der Waals surface area contributed by atoms with Crippen molar-refractivity contribution in [2.75, 3.05) is 7.11 Å². The van der Waals surface area contributed by atoms with Crippen molar-refractivity contribution in [2.24, 2.45) is 0 Å². The predicted molar refractivity (Wildman–Crippen MR) is 60.9 cm³/mol. The second kappa shape index (κ2) is 4.69. The molecule has 0 fully saturated rings. The number of hydrogen-bond acceptors (Lipinski definition) is 2. The summed E-state index contributed by atoms with van der Waals surface area (Å²) >= 11 is -2.05. The molecule has 0 unspecified atom stereocenters. The number of rotatable bonds is 2. The van der Waals surface area contributed by atoms with E-state index in [-0.39, 0.29) is 5.97 Å². The van der Waals surface area contributed by atoms with Crippen LogP contribution in [0.15, 0.2) is 9.16 Å². The average molecular weight is 303 g/mol. The topological polar surface area (TPSA) is 26.3 Å². The van der Waals surface area contributed by atoms with Gasteiger partial charge in [-0.25, -0.2) is 0 Å². The fourth-order valence-electron chi connectivity index (χ4n) is 2.08. The van der Waals surface area contributed by atoms with E-state index in [1.807, 2.05) is 0 Å². The molecule has 0 atom stereocenters. The van der Waals surface area contributed by atoms with Gasteiger partial charge in [-0.1, -0.05) is 0 Å². The molecule has 0 spiro atoms. The molecule has 0 aromatic carbocycles. The first-order valence-corrected chi connectivity index (χ1v) is 15.3. The standard InChI is InChI=1S/C8H11O2.3CH3.Sn/c1-10-8(9)7-5-3-2-4-6-7;;;;/h2-5H2,1H3;3*1H3;. The second-order valence-corrected chi connectivity index (χ2v) is 19.5. The van der Waals surface area contributed by atoms with Crippen molar-refractivity contribution < 1.29 is 9.53 Å². The molecule has 0 bridgehead atoms. The van der Waals surface area contributed by atoms with E-state index in [2.05, 4.69) is 14.8 Å². The van der Waals surface area contributed by atoms with Crippen molar-refractivity contribution in [3.05, 3.63) is 9.16 Å². The van der Waals surface area contributed by atoms with Crippen LogP contribution in [-0.4, -0.2) is 31.5 Å². The van der Waals surface area contributed by atoms with Crippen LogP contribution >= 0.6 is 0 Å². The Morgan fingerprint density at radius 1 is 1.21 bits per heavy atom. The normalized spacial score (nSPS) is 18.3. The zero-order valence-electron chi connectivity index (χ0n) is 9.64. The average Bonchev–Trinajstić information content (AvgIpc) is 2.15. The Balaban J connectivity index is 3.03. The van der Waals surface area contributed by atoms with Crippen LogP contribution in [0.1, 0.15) is 25.7 Å². The minimum absolute atomic E-state index is 0.0775. The van der Waals surface area contributed by atoms with Crippen LogP contribution in [0.25, 0.3) is 0 Å². The molecule has 1 rings (SSSR count). The third kappa shape index (κ3) is 2.75. The summed E-state index contributed by atoms with van der Waals surface area (Å²) in [7, 11) is 1.49. The van der Waals surface area contributed by atoms with E-state index in [4.69, 9.17) is 4.74 Å². The van der Waals surface area contributed by atoms with Crippen LogP contribution in [0.4, 0.5) is 0 Å². The van der Waals surface area contributed by atoms with Crippen molar-refractivity contribution in [3.8, 4) is 0 Å². The Morgan fingerprint density at radius 3 is 2.29 bits per heavy atom. The van der Waals surface area contributed by atoms with Gasteiger partial charge in [-0.05, 0) is 0 Å². The van der Waals surface area contributed by atoms with Gasteiger partial charge < -0.3 is 0 Å². The number of allylic oxidation sites excluding steroid dienone is 1. The molecule has 0 heterocycles. The maximum atomic E-state index is 11.6. The van der Waals surface area contributed by atoms with E-state index in [1.165, 1.54) is 17.1 Å². The molecular weight excluding hydrogens is 283 g/mol. The van der Waals surface area contributed by atoms with Crippen molar-refractivity contribution in [1.29, 1.82) is 0 Å². The van der Waals surface area contributed by atoms with Crippen molar-refractivity contribution in [1.82, 2.24) is 0 Å². The third-order valence-corrected chi connectivity index (χ3v) is 9.55. The Labute approximate surface area is 90.6 Å². The Hall–Kier alpha value is 0.00870. The first-order valence-electron chi connectivity index (χ1n) is 5.27. The Bertz CT molecular complexity index is 261. The number of carbonyl (C=O) groups is 1. The fraction of sp³-hybridized carbons (Fsp3) is 0.727. The van der Waals surface area contributed by atoms with Crippen LogP contribution in [0.5, 0.6) is 0 Å². The zero-order chi connectivity index (χ0) is 10.8. The van der Waals surface area contributed by atoms with E-state index in [0.29, 0.717) is 0 Å². The molecule has 0 amide bonds. The van der Waals surface area contributed by atoms with Gasteiger partial charge in [-0.3, -0.25) is 0 Å². The van der Waals surface area contributed by atoms with Gasteiger partial charge in [0, 0.05) is 0 Å². The second-order valence-electron chi connectivity index (χ2n) is 4.91. The third-order valence-electron chi connectivity index (χ3n) is 2.80. The number of methoxy groups -OCH3 is 1. The minimum atomic E-state index is -2.05. The van der Waals surface area contributed by atoms with Crippen molar-refractivity contribution in [2.45, 2.75) is 40.5 Å². The molecule has 0 aromatic rings. The van der Waals surface area contributed by atoms with Crippen LogP contribution in [0, 0.1) is 0 Å². The van der Waals surface area contributed by atoms with Crippen LogP contribution in [0.3, 0.4) is 0 Å². The zero-order valence-corrected chi connectivity index (χ0v) is 12.5. The van der Waals surface area contributed by atoms with E-state index in [9.17, 15) is 4.79 Å². The van der Waals surface area contributed by atoms with E-state index < -0.39 is 18.4 Å². The van der Waals surface area contributed by atoms with Gasteiger partial charge in [-0.2, -0.15) is 0 Å². The molecule has 1 aliphatic rings. The molecule has 0 aliphatic heterocycles. The Kier molecular flexibility index (Phi) is 4.04. The number of esters is 1. The SMILES string of the molecule is COC(=O)C1=[C]([Sn]([CH3])([CH3])[CH3])CCCC1. The van der Waals surface area contributed by atoms with Gasteiger partial charge in [-0.15, -0.1) is 0 Å². The molecule has 3 heteroatoms. The molecule has 2 nitrogen and oxygen atoms in total. The molecule has 0 aromatic heterocycles. The molecule has 14 heavy (non-hydrogen) atoms. The summed E-state index contributed by atoms with van der Waals surface area (Å²) in [5.41, 5.74) is 1.02. The summed E-state index contributed by atoms with van der Waals surface area (Å²) < 4.78 is 6.35. The van der Waals surface area contributed by atoms with E-state index in [1.54, 1.807) is 0 Å². The van der Waals surface area contributed by atoms with Crippen molar-refractivity contribution >= 4 is 24.3 Å². The van der Waals surface area contributed by atoms with Gasteiger partial charge in [0.1, 0.15) is 0 Å².